The zero-order valence-electron chi connectivity index (χ0n) is 10.2. The van der Waals surface area contributed by atoms with Crippen molar-refractivity contribution in [2.75, 3.05) is 19.6 Å². The van der Waals surface area contributed by atoms with Gasteiger partial charge in [0.15, 0.2) is 0 Å². The molecule has 1 fully saturated rings. The van der Waals surface area contributed by atoms with Crippen LogP contribution in [0.5, 0.6) is 0 Å². The van der Waals surface area contributed by atoms with Crippen molar-refractivity contribution in [3.05, 3.63) is 16.1 Å². The lowest BCUT2D eigenvalue weighted by Crippen LogP contribution is -2.32. The highest BCUT2D eigenvalue weighted by Gasteiger charge is 2.27. The van der Waals surface area contributed by atoms with E-state index in [0.29, 0.717) is 18.2 Å². The number of aromatic nitrogens is 1. The lowest BCUT2D eigenvalue weighted by atomic mass is 10.4. The summed E-state index contributed by atoms with van der Waals surface area (Å²) >= 11 is 1.61. The molecule has 0 unspecified atom stereocenters. The predicted octanol–water partition coefficient (Wildman–Crippen LogP) is 1.75. The van der Waals surface area contributed by atoms with Gasteiger partial charge in [0, 0.05) is 24.4 Å². The Bertz CT molecular complexity index is 374. The highest BCUT2D eigenvalue weighted by atomic mass is 32.1. The van der Waals surface area contributed by atoms with E-state index in [1.165, 1.54) is 12.8 Å². The van der Waals surface area contributed by atoms with Crippen LogP contribution in [0.2, 0.25) is 0 Å². The first-order valence-corrected chi connectivity index (χ1v) is 7.13. The summed E-state index contributed by atoms with van der Waals surface area (Å²) in [5.41, 5.74) is 0.576. The number of amides is 1. The van der Waals surface area contributed by atoms with Gasteiger partial charge in [-0.05, 0) is 25.8 Å². The second-order valence-electron chi connectivity index (χ2n) is 4.35. The van der Waals surface area contributed by atoms with E-state index in [2.05, 4.69) is 22.5 Å². The Morgan fingerprint density at radius 1 is 1.47 bits per heavy atom. The molecule has 2 N–H and O–H groups in total. The molecule has 94 valence electrons. The van der Waals surface area contributed by atoms with E-state index in [1.54, 1.807) is 11.3 Å². The fourth-order valence-corrected chi connectivity index (χ4v) is 2.54. The highest BCUT2D eigenvalue weighted by Crippen LogP contribution is 2.41. The molecule has 1 aromatic rings. The van der Waals surface area contributed by atoms with Gasteiger partial charge in [-0.1, -0.05) is 6.92 Å². The molecule has 0 aliphatic heterocycles. The van der Waals surface area contributed by atoms with Crippen LogP contribution in [0.15, 0.2) is 5.38 Å². The Labute approximate surface area is 106 Å². The van der Waals surface area contributed by atoms with E-state index in [0.717, 1.165) is 24.5 Å². The van der Waals surface area contributed by atoms with Crippen molar-refractivity contribution < 1.29 is 4.79 Å². The number of nitrogens with one attached hydrogen (secondary N) is 2. The molecule has 0 bridgehead atoms. The van der Waals surface area contributed by atoms with E-state index in [-0.39, 0.29) is 5.91 Å². The Morgan fingerprint density at radius 3 is 3.00 bits per heavy atom. The van der Waals surface area contributed by atoms with Gasteiger partial charge >= 0.3 is 0 Å². The summed E-state index contributed by atoms with van der Waals surface area (Å²) in [5, 5.41) is 9.10. The molecule has 0 saturated heterocycles. The van der Waals surface area contributed by atoms with Gasteiger partial charge in [0.05, 0.1) is 5.01 Å². The molecular formula is C12H19N3OS. The summed E-state index contributed by atoms with van der Waals surface area (Å²) in [6.07, 6.45) is 3.58. The molecule has 1 heterocycles. The Hall–Kier alpha value is -0.940. The van der Waals surface area contributed by atoms with Crippen LogP contribution < -0.4 is 10.6 Å². The maximum absolute atomic E-state index is 11.7. The van der Waals surface area contributed by atoms with Crippen molar-refractivity contribution >= 4 is 17.2 Å². The van der Waals surface area contributed by atoms with Crippen LogP contribution in [-0.2, 0) is 0 Å². The topological polar surface area (TPSA) is 54.0 Å². The maximum Gasteiger partial charge on any atom is 0.270 e. The van der Waals surface area contributed by atoms with Crippen LogP contribution >= 0.6 is 11.3 Å². The third kappa shape index (κ3) is 3.78. The molecule has 1 amide bonds. The van der Waals surface area contributed by atoms with Crippen LogP contribution in [-0.4, -0.2) is 30.5 Å². The van der Waals surface area contributed by atoms with Gasteiger partial charge in [-0.3, -0.25) is 4.79 Å². The number of thiazole rings is 1. The van der Waals surface area contributed by atoms with Crippen molar-refractivity contribution in [2.45, 2.75) is 32.1 Å². The number of hydrogen-bond acceptors (Lipinski definition) is 4. The average molecular weight is 253 g/mol. The largest absolute Gasteiger partial charge is 0.349 e. The van der Waals surface area contributed by atoms with E-state index in [1.807, 2.05) is 5.38 Å². The van der Waals surface area contributed by atoms with E-state index in [9.17, 15) is 4.79 Å². The first-order valence-electron chi connectivity index (χ1n) is 6.25. The maximum atomic E-state index is 11.7. The zero-order valence-corrected chi connectivity index (χ0v) is 11.0. The summed E-state index contributed by atoms with van der Waals surface area (Å²) in [7, 11) is 0. The third-order valence-electron chi connectivity index (χ3n) is 2.70. The second-order valence-corrected chi connectivity index (χ2v) is 5.24. The van der Waals surface area contributed by atoms with Gasteiger partial charge in [0.2, 0.25) is 0 Å². The zero-order chi connectivity index (χ0) is 12.1. The van der Waals surface area contributed by atoms with Crippen molar-refractivity contribution in [2.24, 2.45) is 0 Å². The molecule has 1 aromatic heterocycles. The van der Waals surface area contributed by atoms with Gasteiger partial charge < -0.3 is 10.6 Å². The van der Waals surface area contributed by atoms with Crippen LogP contribution in [0.3, 0.4) is 0 Å². The third-order valence-corrected chi connectivity index (χ3v) is 3.70. The van der Waals surface area contributed by atoms with Gasteiger partial charge in [-0.2, -0.15) is 0 Å². The summed E-state index contributed by atoms with van der Waals surface area (Å²) < 4.78 is 0. The number of rotatable bonds is 7. The molecule has 17 heavy (non-hydrogen) atoms. The quantitative estimate of drug-likeness (QED) is 0.728. The summed E-state index contributed by atoms with van der Waals surface area (Å²) in [5.74, 6) is 0.583. The van der Waals surface area contributed by atoms with Crippen molar-refractivity contribution in [1.29, 1.82) is 0 Å². The van der Waals surface area contributed by atoms with E-state index in [4.69, 9.17) is 0 Å². The smallest absolute Gasteiger partial charge is 0.270 e. The highest BCUT2D eigenvalue weighted by molar-refractivity contribution is 7.10. The molecule has 5 heteroatoms. The predicted molar refractivity (Wildman–Crippen MR) is 69.6 cm³/mol. The van der Waals surface area contributed by atoms with Crippen molar-refractivity contribution in [3.63, 3.8) is 0 Å². The minimum Gasteiger partial charge on any atom is -0.349 e. The standard InChI is InChI=1S/C12H19N3OS/c1-2-5-13-6-7-14-11(16)10-8-17-12(15-10)9-3-4-9/h8-9,13H,2-7H2,1H3,(H,14,16). The van der Waals surface area contributed by atoms with Crippen molar-refractivity contribution in [3.8, 4) is 0 Å². The summed E-state index contributed by atoms with van der Waals surface area (Å²) in [4.78, 5) is 16.1. The van der Waals surface area contributed by atoms with Crippen LogP contribution in [0, 0.1) is 0 Å². The lowest BCUT2D eigenvalue weighted by molar-refractivity contribution is 0.0949. The summed E-state index contributed by atoms with van der Waals surface area (Å²) in [6.45, 7) is 4.60. The molecule has 0 atom stereocenters. The molecule has 1 aliphatic rings. The van der Waals surface area contributed by atoms with Gasteiger partial charge in [-0.15, -0.1) is 11.3 Å². The monoisotopic (exact) mass is 253 g/mol. The SMILES string of the molecule is CCCNCCNC(=O)c1csc(C2CC2)n1. The molecule has 0 radical (unpaired) electrons. The minimum atomic E-state index is -0.0496. The van der Waals surface area contributed by atoms with Crippen LogP contribution in [0.25, 0.3) is 0 Å². The number of carbonyl (C=O) groups excluding carboxylic acids is 1. The molecule has 0 spiro atoms. The lowest BCUT2D eigenvalue weighted by Gasteiger charge is -2.04. The summed E-state index contributed by atoms with van der Waals surface area (Å²) in [6, 6.07) is 0. The fourth-order valence-electron chi connectivity index (χ4n) is 1.57. The number of carbonyl (C=O) groups is 1. The Balaban J connectivity index is 1.70. The fraction of sp³-hybridized carbons (Fsp3) is 0.667. The average Bonchev–Trinajstić information content (AvgIpc) is 3.07. The van der Waals surface area contributed by atoms with Crippen molar-refractivity contribution in [1.82, 2.24) is 15.6 Å². The molecule has 0 aromatic carbocycles. The number of hydrogen-bond donors (Lipinski definition) is 2. The Kier molecular flexibility index (Phi) is 4.50. The molecule has 2 rings (SSSR count). The van der Waals surface area contributed by atoms with Gasteiger partial charge in [0.1, 0.15) is 5.69 Å². The van der Waals surface area contributed by atoms with Gasteiger partial charge in [0.25, 0.3) is 5.91 Å². The second kappa shape index (κ2) is 6.12. The first kappa shape index (κ1) is 12.5. The van der Waals surface area contributed by atoms with E-state index >= 15 is 0 Å². The first-order chi connectivity index (χ1) is 8.31. The van der Waals surface area contributed by atoms with E-state index < -0.39 is 0 Å². The normalized spacial score (nSPS) is 14.9. The van der Waals surface area contributed by atoms with Crippen LogP contribution in [0.4, 0.5) is 0 Å². The minimum absolute atomic E-state index is 0.0496. The molecule has 1 aliphatic carbocycles. The van der Waals surface area contributed by atoms with Gasteiger partial charge in [-0.25, -0.2) is 4.98 Å². The number of nitrogens with zero attached hydrogens (tertiary/aromatic N) is 1. The Morgan fingerprint density at radius 2 is 2.29 bits per heavy atom. The molecule has 1 saturated carbocycles. The molecular weight excluding hydrogens is 234 g/mol. The van der Waals surface area contributed by atoms with Crippen LogP contribution in [0.1, 0.15) is 47.6 Å². The molecule has 4 nitrogen and oxygen atoms in total.